The Hall–Kier alpha value is -1.30. The van der Waals surface area contributed by atoms with Crippen LogP contribution in [0.1, 0.15) is 20.8 Å². The zero-order valence-electron chi connectivity index (χ0n) is 9.24. The van der Waals surface area contributed by atoms with Crippen molar-refractivity contribution in [1.29, 1.82) is 0 Å². The van der Waals surface area contributed by atoms with E-state index in [9.17, 15) is 9.59 Å². The van der Waals surface area contributed by atoms with E-state index in [1.165, 1.54) is 6.92 Å². The molecule has 0 heterocycles. The van der Waals surface area contributed by atoms with Gasteiger partial charge in [0, 0.05) is 13.2 Å². The molecule has 3 N–H and O–H groups in total. The third-order valence-corrected chi connectivity index (χ3v) is 1.72. The van der Waals surface area contributed by atoms with Crippen LogP contribution in [0.5, 0.6) is 0 Å². The summed E-state index contributed by atoms with van der Waals surface area (Å²) in [6, 6.07) is -1.40. The fourth-order valence-corrected chi connectivity index (χ4v) is 0.889. The molecule has 0 aromatic heterocycles. The lowest BCUT2D eigenvalue weighted by Crippen LogP contribution is -2.46. The highest BCUT2D eigenvalue weighted by molar-refractivity contribution is 5.82. The molecule has 15 heavy (non-hydrogen) atoms. The fraction of sp³-hybridized carbons (Fsp3) is 0.778. The summed E-state index contributed by atoms with van der Waals surface area (Å²) in [5.74, 6) is -1.07. The molecule has 0 aromatic rings. The first-order chi connectivity index (χ1) is 6.97. The Morgan fingerprint density at radius 2 is 2.00 bits per heavy atom. The molecule has 0 aromatic carbocycles. The van der Waals surface area contributed by atoms with E-state index in [4.69, 9.17) is 9.84 Å². The Labute approximate surface area is 89.0 Å². The molecule has 0 aliphatic rings. The summed E-state index contributed by atoms with van der Waals surface area (Å²) in [6.45, 7) is 6.02. The second kappa shape index (κ2) is 7.05. The van der Waals surface area contributed by atoms with E-state index in [0.29, 0.717) is 13.2 Å². The number of hydrogen-bond acceptors (Lipinski definition) is 3. The van der Waals surface area contributed by atoms with Gasteiger partial charge in [0.1, 0.15) is 6.04 Å². The number of carbonyl (C=O) groups is 2. The maximum absolute atomic E-state index is 11.1. The molecule has 2 amide bonds. The van der Waals surface area contributed by atoms with E-state index < -0.39 is 18.0 Å². The first-order valence-electron chi connectivity index (χ1n) is 4.86. The topological polar surface area (TPSA) is 87.7 Å². The van der Waals surface area contributed by atoms with Gasteiger partial charge >= 0.3 is 12.0 Å². The van der Waals surface area contributed by atoms with Crippen molar-refractivity contribution >= 4 is 12.0 Å². The van der Waals surface area contributed by atoms with Crippen LogP contribution in [-0.2, 0) is 9.53 Å². The van der Waals surface area contributed by atoms with Crippen LogP contribution >= 0.6 is 0 Å². The number of aliphatic carboxylic acids is 1. The van der Waals surface area contributed by atoms with Gasteiger partial charge in [-0.3, -0.25) is 4.79 Å². The van der Waals surface area contributed by atoms with Crippen molar-refractivity contribution in [2.45, 2.75) is 32.9 Å². The molecule has 0 radical (unpaired) electrons. The number of carboxylic acids is 1. The Morgan fingerprint density at radius 1 is 1.40 bits per heavy atom. The van der Waals surface area contributed by atoms with Crippen molar-refractivity contribution < 1.29 is 19.4 Å². The molecular weight excluding hydrogens is 200 g/mol. The predicted molar refractivity (Wildman–Crippen MR) is 54.7 cm³/mol. The summed E-state index contributed by atoms with van der Waals surface area (Å²) in [4.78, 5) is 21.5. The number of ether oxygens (including phenoxy) is 1. The number of carbonyl (C=O) groups excluding carboxylic acids is 1. The largest absolute Gasteiger partial charge is 0.480 e. The minimum atomic E-state index is -1.07. The van der Waals surface area contributed by atoms with Gasteiger partial charge in [-0.15, -0.1) is 0 Å². The number of nitrogens with one attached hydrogen (secondary N) is 2. The third-order valence-electron chi connectivity index (χ3n) is 1.72. The zero-order valence-corrected chi connectivity index (χ0v) is 9.24. The van der Waals surface area contributed by atoms with Gasteiger partial charge in [0.25, 0.3) is 0 Å². The van der Waals surface area contributed by atoms with E-state index in [1.54, 1.807) is 0 Å². The normalized spacial score (nSPS) is 14.1. The van der Waals surface area contributed by atoms with Crippen molar-refractivity contribution in [3.63, 3.8) is 0 Å². The minimum absolute atomic E-state index is 0.0825. The number of amides is 2. The Bertz CT molecular complexity index is 220. The van der Waals surface area contributed by atoms with Gasteiger partial charge in [0.2, 0.25) is 0 Å². The van der Waals surface area contributed by atoms with E-state index in [0.717, 1.165) is 0 Å². The van der Waals surface area contributed by atoms with Crippen LogP contribution < -0.4 is 10.6 Å². The van der Waals surface area contributed by atoms with Crippen molar-refractivity contribution in [2.75, 3.05) is 13.2 Å². The SMILES string of the molecule is CCOC(C)CNC(=O)NC(C)C(=O)O. The smallest absolute Gasteiger partial charge is 0.325 e. The lowest BCUT2D eigenvalue weighted by Gasteiger charge is -2.14. The van der Waals surface area contributed by atoms with Crippen molar-refractivity contribution in [3.05, 3.63) is 0 Å². The second-order valence-corrected chi connectivity index (χ2v) is 3.18. The van der Waals surface area contributed by atoms with E-state index in [-0.39, 0.29) is 6.10 Å². The van der Waals surface area contributed by atoms with Gasteiger partial charge in [0.05, 0.1) is 6.10 Å². The average Bonchev–Trinajstić information content (AvgIpc) is 2.15. The van der Waals surface area contributed by atoms with Gasteiger partial charge < -0.3 is 20.5 Å². The van der Waals surface area contributed by atoms with Crippen LogP contribution in [0, 0.1) is 0 Å². The summed E-state index contributed by atoms with van der Waals surface area (Å²) < 4.78 is 5.19. The molecule has 0 aliphatic heterocycles. The minimum Gasteiger partial charge on any atom is -0.480 e. The van der Waals surface area contributed by atoms with E-state index in [2.05, 4.69) is 10.6 Å². The molecular formula is C9H18N2O4. The van der Waals surface area contributed by atoms with Crippen LogP contribution in [-0.4, -0.2) is 42.4 Å². The number of rotatable bonds is 6. The molecule has 0 saturated heterocycles. The molecule has 0 fully saturated rings. The van der Waals surface area contributed by atoms with Crippen LogP contribution in [0.25, 0.3) is 0 Å². The lowest BCUT2D eigenvalue weighted by molar-refractivity contribution is -0.138. The first-order valence-corrected chi connectivity index (χ1v) is 4.86. The van der Waals surface area contributed by atoms with Gasteiger partial charge in [0.15, 0.2) is 0 Å². The van der Waals surface area contributed by atoms with Crippen LogP contribution in [0.15, 0.2) is 0 Å². The Kier molecular flexibility index (Phi) is 6.44. The predicted octanol–water partition coefficient (Wildman–Crippen LogP) is 0.184. The average molecular weight is 218 g/mol. The Morgan fingerprint density at radius 3 is 2.47 bits per heavy atom. The second-order valence-electron chi connectivity index (χ2n) is 3.18. The quantitative estimate of drug-likeness (QED) is 0.593. The standard InChI is InChI=1S/C9H18N2O4/c1-4-15-6(2)5-10-9(14)11-7(3)8(12)13/h6-7H,4-5H2,1-3H3,(H,12,13)(H2,10,11,14). The molecule has 2 atom stereocenters. The van der Waals surface area contributed by atoms with Crippen LogP contribution in [0.3, 0.4) is 0 Å². The van der Waals surface area contributed by atoms with Crippen molar-refractivity contribution in [2.24, 2.45) is 0 Å². The number of carboxylic acid groups (broad SMARTS) is 1. The molecule has 0 saturated carbocycles. The summed E-state index contributed by atoms with van der Waals surface area (Å²) >= 11 is 0. The number of hydrogen-bond donors (Lipinski definition) is 3. The third kappa shape index (κ3) is 6.73. The highest BCUT2D eigenvalue weighted by atomic mass is 16.5. The molecule has 0 aliphatic carbocycles. The fourth-order valence-electron chi connectivity index (χ4n) is 0.889. The van der Waals surface area contributed by atoms with Gasteiger partial charge in [-0.25, -0.2) is 4.79 Å². The summed E-state index contributed by atoms with van der Waals surface area (Å²) in [6.07, 6.45) is -0.0825. The lowest BCUT2D eigenvalue weighted by atomic mass is 10.3. The maximum atomic E-state index is 11.1. The molecule has 0 spiro atoms. The summed E-state index contributed by atoms with van der Waals surface area (Å²) in [5, 5.41) is 13.3. The molecule has 6 nitrogen and oxygen atoms in total. The highest BCUT2D eigenvalue weighted by Crippen LogP contribution is 1.87. The van der Waals surface area contributed by atoms with Gasteiger partial charge in [-0.05, 0) is 20.8 Å². The van der Waals surface area contributed by atoms with Crippen LogP contribution in [0.2, 0.25) is 0 Å². The molecule has 2 unspecified atom stereocenters. The maximum Gasteiger partial charge on any atom is 0.325 e. The molecule has 6 heteroatoms. The van der Waals surface area contributed by atoms with Gasteiger partial charge in [-0.2, -0.15) is 0 Å². The monoisotopic (exact) mass is 218 g/mol. The van der Waals surface area contributed by atoms with Crippen LogP contribution in [0.4, 0.5) is 4.79 Å². The molecule has 0 rings (SSSR count). The van der Waals surface area contributed by atoms with E-state index in [1.807, 2.05) is 13.8 Å². The number of urea groups is 1. The summed E-state index contributed by atoms with van der Waals surface area (Å²) in [5.41, 5.74) is 0. The Balaban J connectivity index is 3.70. The zero-order chi connectivity index (χ0) is 11.8. The highest BCUT2D eigenvalue weighted by Gasteiger charge is 2.13. The van der Waals surface area contributed by atoms with Crippen molar-refractivity contribution in [3.8, 4) is 0 Å². The molecule has 88 valence electrons. The van der Waals surface area contributed by atoms with E-state index >= 15 is 0 Å². The summed E-state index contributed by atoms with van der Waals surface area (Å²) in [7, 11) is 0. The first kappa shape index (κ1) is 13.7. The van der Waals surface area contributed by atoms with Crippen molar-refractivity contribution in [1.82, 2.24) is 10.6 Å². The molecule has 0 bridgehead atoms. The van der Waals surface area contributed by atoms with Gasteiger partial charge in [-0.1, -0.05) is 0 Å².